The molecule has 1 aliphatic rings. The summed E-state index contributed by atoms with van der Waals surface area (Å²) in [6, 6.07) is 11.8. The maximum atomic E-state index is 13.4. The van der Waals surface area contributed by atoms with Crippen LogP contribution < -0.4 is 0 Å². The number of likely N-dealkylation sites (tertiary alicyclic amines) is 1. The van der Waals surface area contributed by atoms with E-state index in [-0.39, 0.29) is 30.0 Å². The van der Waals surface area contributed by atoms with Crippen LogP contribution in [0, 0.1) is 11.6 Å². The van der Waals surface area contributed by atoms with Gasteiger partial charge >= 0.3 is 0 Å². The number of H-pyrrole nitrogens is 1. The normalized spacial score (nSPS) is 16.7. The molecular formula is C20H18F2N4O. The first-order chi connectivity index (χ1) is 13.1. The molecule has 7 heteroatoms. The Labute approximate surface area is 155 Å². The fraction of sp³-hybridized carbons (Fsp3) is 0.250. The molecule has 1 atom stereocenters. The Balaban J connectivity index is 1.51. The highest BCUT2D eigenvalue weighted by molar-refractivity contribution is 5.79. The van der Waals surface area contributed by atoms with Crippen LogP contribution in [-0.2, 0) is 11.2 Å². The van der Waals surface area contributed by atoms with Crippen molar-refractivity contribution in [1.82, 2.24) is 20.1 Å². The first kappa shape index (κ1) is 17.3. The maximum absolute atomic E-state index is 13.4. The van der Waals surface area contributed by atoms with Crippen LogP contribution in [0.1, 0.15) is 30.3 Å². The average Bonchev–Trinajstić information content (AvgIpc) is 3.31. The highest BCUT2D eigenvalue weighted by Crippen LogP contribution is 2.31. The minimum absolute atomic E-state index is 0.0668. The Morgan fingerprint density at radius 2 is 1.96 bits per heavy atom. The first-order valence-electron chi connectivity index (χ1n) is 8.82. The molecule has 138 valence electrons. The van der Waals surface area contributed by atoms with Crippen LogP contribution in [0.4, 0.5) is 8.78 Å². The summed E-state index contributed by atoms with van der Waals surface area (Å²) in [5.74, 6) is 0.341. The minimum atomic E-state index is -0.350. The third-order valence-electron chi connectivity index (χ3n) is 4.74. The zero-order valence-corrected chi connectivity index (χ0v) is 14.5. The van der Waals surface area contributed by atoms with Crippen molar-refractivity contribution >= 4 is 5.91 Å². The van der Waals surface area contributed by atoms with Crippen molar-refractivity contribution in [2.45, 2.75) is 25.3 Å². The molecule has 1 amide bonds. The Bertz CT molecular complexity index is 955. The number of benzene rings is 2. The molecule has 1 N–H and O–H groups in total. The summed E-state index contributed by atoms with van der Waals surface area (Å²) in [6.45, 7) is 0.630. The predicted molar refractivity (Wildman–Crippen MR) is 95.6 cm³/mol. The number of hydrogen-bond acceptors (Lipinski definition) is 3. The molecule has 1 saturated heterocycles. The molecule has 4 rings (SSSR count). The second-order valence-electron chi connectivity index (χ2n) is 6.60. The molecule has 0 saturated carbocycles. The molecule has 5 nitrogen and oxygen atoms in total. The van der Waals surface area contributed by atoms with Gasteiger partial charge in [-0.15, -0.1) is 0 Å². The van der Waals surface area contributed by atoms with Crippen LogP contribution in [0.5, 0.6) is 0 Å². The standard InChI is InChI=1S/C20H18F2N4O/c21-15-8-6-14(7-9-15)19-23-20(25-24-19)17-5-2-10-26(17)18(27)12-13-3-1-4-16(22)11-13/h1,3-4,6-9,11,17H,2,5,10,12H2,(H,23,24,25)/t17-/m0/s1. The van der Waals surface area contributed by atoms with E-state index in [1.807, 2.05) is 0 Å². The number of rotatable bonds is 4. The topological polar surface area (TPSA) is 61.9 Å². The lowest BCUT2D eigenvalue weighted by molar-refractivity contribution is -0.131. The van der Waals surface area contributed by atoms with E-state index in [9.17, 15) is 13.6 Å². The van der Waals surface area contributed by atoms with Crippen LogP contribution in [0.2, 0.25) is 0 Å². The summed E-state index contributed by atoms with van der Waals surface area (Å²) in [4.78, 5) is 19.0. The number of nitrogens with one attached hydrogen (secondary N) is 1. The number of nitrogens with zero attached hydrogens (tertiary/aromatic N) is 3. The Hall–Kier alpha value is -3.09. The minimum Gasteiger partial charge on any atom is -0.332 e. The monoisotopic (exact) mass is 368 g/mol. The molecular weight excluding hydrogens is 350 g/mol. The van der Waals surface area contributed by atoms with Crippen molar-refractivity contribution in [3.05, 3.63) is 71.6 Å². The lowest BCUT2D eigenvalue weighted by Gasteiger charge is -2.23. The summed E-state index contributed by atoms with van der Waals surface area (Å²) >= 11 is 0. The summed E-state index contributed by atoms with van der Waals surface area (Å²) < 4.78 is 26.4. The fourth-order valence-corrected chi connectivity index (χ4v) is 3.42. The van der Waals surface area contributed by atoms with Gasteiger partial charge in [-0.2, -0.15) is 5.10 Å². The molecule has 2 aromatic carbocycles. The van der Waals surface area contributed by atoms with Crippen LogP contribution in [0.15, 0.2) is 48.5 Å². The zero-order chi connectivity index (χ0) is 18.8. The second kappa shape index (κ2) is 7.26. The van der Waals surface area contributed by atoms with E-state index >= 15 is 0 Å². The molecule has 2 heterocycles. The van der Waals surface area contributed by atoms with Crippen molar-refractivity contribution in [2.24, 2.45) is 0 Å². The molecule has 0 unspecified atom stereocenters. The summed E-state index contributed by atoms with van der Waals surface area (Å²) in [5.41, 5.74) is 1.35. The number of hydrogen-bond donors (Lipinski definition) is 1. The highest BCUT2D eigenvalue weighted by Gasteiger charge is 2.32. The van der Waals surface area contributed by atoms with E-state index in [1.54, 1.807) is 29.2 Å². The molecule has 27 heavy (non-hydrogen) atoms. The van der Waals surface area contributed by atoms with Gasteiger partial charge in [0.2, 0.25) is 5.91 Å². The number of aromatic amines is 1. The number of amides is 1. The van der Waals surface area contributed by atoms with E-state index in [0.717, 1.165) is 12.8 Å². The van der Waals surface area contributed by atoms with Crippen molar-refractivity contribution in [2.75, 3.05) is 6.54 Å². The van der Waals surface area contributed by atoms with E-state index in [4.69, 9.17) is 0 Å². The smallest absolute Gasteiger partial charge is 0.227 e. The molecule has 3 aromatic rings. The number of carbonyl (C=O) groups is 1. The van der Waals surface area contributed by atoms with Gasteiger partial charge in [-0.3, -0.25) is 9.89 Å². The molecule has 0 bridgehead atoms. The van der Waals surface area contributed by atoms with Gasteiger partial charge in [0.15, 0.2) is 5.82 Å². The van der Waals surface area contributed by atoms with Crippen LogP contribution in [0.3, 0.4) is 0 Å². The van der Waals surface area contributed by atoms with E-state index in [0.29, 0.717) is 29.3 Å². The van der Waals surface area contributed by atoms with Crippen molar-refractivity contribution < 1.29 is 13.6 Å². The first-order valence-corrected chi connectivity index (χ1v) is 8.82. The maximum Gasteiger partial charge on any atom is 0.227 e. The lowest BCUT2D eigenvalue weighted by atomic mass is 10.1. The Morgan fingerprint density at radius 3 is 2.74 bits per heavy atom. The quantitative estimate of drug-likeness (QED) is 0.765. The molecule has 1 fully saturated rings. The van der Waals surface area contributed by atoms with Gasteiger partial charge in [-0.1, -0.05) is 12.1 Å². The number of carbonyl (C=O) groups excluding carboxylic acids is 1. The third-order valence-corrected chi connectivity index (χ3v) is 4.74. The van der Waals surface area contributed by atoms with Gasteiger partial charge in [0, 0.05) is 12.1 Å². The van der Waals surface area contributed by atoms with Crippen molar-refractivity contribution in [1.29, 1.82) is 0 Å². The van der Waals surface area contributed by atoms with Gasteiger partial charge in [0.05, 0.1) is 12.5 Å². The molecule has 1 aliphatic heterocycles. The largest absolute Gasteiger partial charge is 0.332 e. The van der Waals surface area contributed by atoms with E-state index in [2.05, 4.69) is 15.2 Å². The lowest BCUT2D eigenvalue weighted by Crippen LogP contribution is -2.32. The van der Waals surface area contributed by atoms with Gasteiger partial charge < -0.3 is 4.90 Å². The van der Waals surface area contributed by atoms with Gasteiger partial charge in [-0.25, -0.2) is 13.8 Å². The predicted octanol–water partition coefficient (Wildman–Crippen LogP) is 3.66. The molecule has 0 radical (unpaired) electrons. The van der Waals surface area contributed by atoms with Crippen LogP contribution in [-0.4, -0.2) is 32.5 Å². The van der Waals surface area contributed by atoms with Crippen molar-refractivity contribution in [3.63, 3.8) is 0 Å². The fourth-order valence-electron chi connectivity index (χ4n) is 3.42. The molecule has 0 aliphatic carbocycles. The SMILES string of the molecule is O=C(Cc1cccc(F)c1)N1CCC[C@H]1c1nc(-c2ccc(F)cc2)n[nH]1. The van der Waals surface area contributed by atoms with E-state index < -0.39 is 0 Å². The number of aromatic nitrogens is 3. The number of halogens is 2. The second-order valence-corrected chi connectivity index (χ2v) is 6.60. The highest BCUT2D eigenvalue weighted by atomic mass is 19.1. The third kappa shape index (κ3) is 3.72. The summed E-state index contributed by atoms with van der Waals surface area (Å²) in [5, 5.41) is 7.11. The molecule has 1 aromatic heterocycles. The average molecular weight is 368 g/mol. The van der Waals surface area contributed by atoms with Crippen LogP contribution >= 0.6 is 0 Å². The van der Waals surface area contributed by atoms with Crippen LogP contribution in [0.25, 0.3) is 11.4 Å². The van der Waals surface area contributed by atoms with Gasteiger partial charge in [0.25, 0.3) is 0 Å². The Morgan fingerprint density at radius 1 is 1.15 bits per heavy atom. The zero-order valence-electron chi connectivity index (χ0n) is 14.5. The molecule has 0 spiro atoms. The van der Waals surface area contributed by atoms with E-state index in [1.165, 1.54) is 24.3 Å². The van der Waals surface area contributed by atoms with Gasteiger partial charge in [0.1, 0.15) is 17.5 Å². The van der Waals surface area contributed by atoms with Crippen molar-refractivity contribution in [3.8, 4) is 11.4 Å². The summed E-state index contributed by atoms with van der Waals surface area (Å²) in [6.07, 6.45) is 1.80. The summed E-state index contributed by atoms with van der Waals surface area (Å²) in [7, 11) is 0. The Kier molecular flexibility index (Phi) is 4.66. The van der Waals surface area contributed by atoms with Gasteiger partial charge in [-0.05, 0) is 54.8 Å².